The van der Waals surface area contributed by atoms with Crippen LogP contribution in [0, 0.1) is 12.3 Å². The fraction of sp³-hybridized carbons (Fsp3) is 0.833. The molecule has 1 nitrogen and oxygen atoms in total. The number of aliphatic hydroxyl groups is 1. The van der Waals surface area contributed by atoms with Crippen molar-refractivity contribution in [1.29, 1.82) is 0 Å². The van der Waals surface area contributed by atoms with Gasteiger partial charge in [0, 0.05) is 6.42 Å². The summed E-state index contributed by atoms with van der Waals surface area (Å²) in [5.41, 5.74) is 0. The van der Waals surface area contributed by atoms with Crippen molar-refractivity contribution in [2.75, 3.05) is 0 Å². The average molecular weight is 182 g/mol. The second-order valence-electron chi connectivity index (χ2n) is 3.62. The molecule has 1 unspecified atom stereocenters. The van der Waals surface area contributed by atoms with Crippen LogP contribution in [0.25, 0.3) is 0 Å². The number of hydrogen-bond acceptors (Lipinski definition) is 1. The molecular formula is C12H22O. The standard InChI is InChI=1S/C12H22O/c1-3-5-6-7-8-9-11-12(13)10-4-2/h2,12-13H,3,5-11H2,1H3. The van der Waals surface area contributed by atoms with E-state index in [2.05, 4.69) is 12.8 Å². The minimum Gasteiger partial charge on any atom is -0.392 e. The van der Waals surface area contributed by atoms with Crippen LogP contribution in [0.1, 0.15) is 58.3 Å². The zero-order chi connectivity index (χ0) is 9.94. The van der Waals surface area contributed by atoms with Crippen LogP contribution in [0.5, 0.6) is 0 Å². The molecule has 0 spiro atoms. The maximum absolute atomic E-state index is 9.31. The van der Waals surface area contributed by atoms with Crippen molar-refractivity contribution in [2.24, 2.45) is 0 Å². The highest BCUT2D eigenvalue weighted by Gasteiger charge is 2.00. The fourth-order valence-electron chi connectivity index (χ4n) is 1.40. The molecule has 1 heteroatoms. The Morgan fingerprint density at radius 2 is 1.77 bits per heavy atom. The van der Waals surface area contributed by atoms with Gasteiger partial charge in [-0.15, -0.1) is 12.3 Å². The Hall–Kier alpha value is -0.480. The van der Waals surface area contributed by atoms with Crippen molar-refractivity contribution in [3.63, 3.8) is 0 Å². The van der Waals surface area contributed by atoms with Crippen LogP contribution in [0.2, 0.25) is 0 Å². The highest BCUT2D eigenvalue weighted by Crippen LogP contribution is 2.09. The zero-order valence-electron chi connectivity index (χ0n) is 8.76. The Kier molecular flexibility index (Phi) is 9.25. The Bertz CT molecular complexity index is 135. The van der Waals surface area contributed by atoms with E-state index in [1.165, 1.54) is 32.1 Å². The fourth-order valence-corrected chi connectivity index (χ4v) is 1.40. The zero-order valence-corrected chi connectivity index (χ0v) is 8.76. The lowest BCUT2D eigenvalue weighted by molar-refractivity contribution is 0.166. The summed E-state index contributed by atoms with van der Waals surface area (Å²) in [5.74, 6) is 2.48. The summed E-state index contributed by atoms with van der Waals surface area (Å²) in [6, 6.07) is 0. The van der Waals surface area contributed by atoms with Gasteiger partial charge in [0.25, 0.3) is 0 Å². The van der Waals surface area contributed by atoms with E-state index in [1.807, 2.05) is 0 Å². The predicted octanol–water partition coefficient (Wildman–Crippen LogP) is 3.12. The highest BCUT2D eigenvalue weighted by molar-refractivity contribution is 4.86. The molecule has 1 atom stereocenters. The molecule has 0 saturated carbocycles. The van der Waals surface area contributed by atoms with E-state index in [9.17, 15) is 5.11 Å². The molecule has 0 amide bonds. The van der Waals surface area contributed by atoms with E-state index in [0.29, 0.717) is 6.42 Å². The molecule has 0 radical (unpaired) electrons. The Labute approximate surface area is 82.5 Å². The van der Waals surface area contributed by atoms with E-state index in [0.717, 1.165) is 12.8 Å². The molecule has 0 saturated heterocycles. The van der Waals surface area contributed by atoms with E-state index < -0.39 is 0 Å². The SMILES string of the molecule is C#CCC(O)CCCCCCCC. The molecule has 0 aliphatic heterocycles. The van der Waals surface area contributed by atoms with Crippen molar-refractivity contribution < 1.29 is 5.11 Å². The lowest BCUT2D eigenvalue weighted by Gasteiger charge is -2.05. The molecule has 0 aromatic rings. The first-order chi connectivity index (χ1) is 6.31. The second-order valence-corrected chi connectivity index (χ2v) is 3.62. The Morgan fingerprint density at radius 3 is 2.38 bits per heavy atom. The summed E-state index contributed by atoms with van der Waals surface area (Å²) in [5, 5.41) is 9.31. The van der Waals surface area contributed by atoms with Crippen LogP contribution in [0.4, 0.5) is 0 Å². The summed E-state index contributed by atoms with van der Waals surface area (Å²) >= 11 is 0. The third-order valence-corrected chi connectivity index (χ3v) is 2.24. The number of terminal acetylenes is 1. The Balaban J connectivity index is 3.03. The first-order valence-corrected chi connectivity index (χ1v) is 5.42. The Morgan fingerprint density at radius 1 is 1.15 bits per heavy atom. The van der Waals surface area contributed by atoms with Crippen LogP contribution in [0.3, 0.4) is 0 Å². The first-order valence-electron chi connectivity index (χ1n) is 5.42. The average Bonchev–Trinajstić information content (AvgIpc) is 2.11. The summed E-state index contributed by atoms with van der Waals surface area (Å²) < 4.78 is 0. The maximum Gasteiger partial charge on any atom is 0.0649 e. The van der Waals surface area contributed by atoms with E-state index >= 15 is 0 Å². The second kappa shape index (κ2) is 9.61. The van der Waals surface area contributed by atoms with Gasteiger partial charge in [0.05, 0.1) is 6.10 Å². The van der Waals surface area contributed by atoms with E-state index in [4.69, 9.17) is 6.42 Å². The van der Waals surface area contributed by atoms with Gasteiger partial charge in [0.1, 0.15) is 0 Å². The lowest BCUT2D eigenvalue weighted by atomic mass is 10.1. The molecule has 0 fully saturated rings. The van der Waals surface area contributed by atoms with Crippen LogP contribution in [0.15, 0.2) is 0 Å². The van der Waals surface area contributed by atoms with Gasteiger partial charge in [-0.1, -0.05) is 45.4 Å². The van der Waals surface area contributed by atoms with Gasteiger partial charge in [-0.3, -0.25) is 0 Å². The van der Waals surface area contributed by atoms with Gasteiger partial charge in [-0.2, -0.15) is 0 Å². The summed E-state index contributed by atoms with van der Waals surface area (Å²) in [6.45, 7) is 2.22. The molecule has 0 heterocycles. The van der Waals surface area contributed by atoms with Gasteiger partial charge in [0.2, 0.25) is 0 Å². The molecule has 0 aromatic carbocycles. The third-order valence-electron chi connectivity index (χ3n) is 2.24. The smallest absolute Gasteiger partial charge is 0.0649 e. The molecule has 0 rings (SSSR count). The summed E-state index contributed by atoms with van der Waals surface area (Å²) in [7, 11) is 0. The van der Waals surface area contributed by atoms with Crippen molar-refractivity contribution >= 4 is 0 Å². The summed E-state index contributed by atoms with van der Waals surface area (Å²) in [4.78, 5) is 0. The molecule has 1 N–H and O–H groups in total. The molecule has 13 heavy (non-hydrogen) atoms. The molecule has 0 bridgehead atoms. The highest BCUT2D eigenvalue weighted by atomic mass is 16.3. The van der Waals surface area contributed by atoms with Gasteiger partial charge >= 0.3 is 0 Å². The number of unbranched alkanes of at least 4 members (excludes halogenated alkanes) is 5. The van der Waals surface area contributed by atoms with Crippen LogP contribution in [-0.2, 0) is 0 Å². The van der Waals surface area contributed by atoms with Crippen molar-refractivity contribution in [2.45, 2.75) is 64.4 Å². The van der Waals surface area contributed by atoms with E-state index in [1.54, 1.807) is 0 Å². The van der Waals surface area contributed by atoms with Crippen molar-refractivity contribution in [3.8, 4) is 12.3 Å². The van der Waals surface area contributed by atoms with E-state index in [-0.39, 0.29) is 6.10 Å². The topological polar surface area (TPSA) is 20.2 Å². The predicted molar refractivity (Wildman–Crippen MR) is 57.4 cm³/mol. The normalized spacial score (nSPS) is 12.4. The van der Waals surface area contributed by atoms with Crippen LogP contribution < -0.4 is 0 Å². The number of aliphatic hydroxyl groups excluding tert-OH is 1. The van der Waals surface area contributed by atoms with Gasteiger partial charge in [-0.25, -0.2) is 0 Å². The number of hydrogen-bond donors (Lipinski definition) is 1. The quantitative estimate of drug-likeness (QED) is 0.451. The van der Waals surface area contributed by atoms with Crippen LogP contribution >= 0.6 is 0 Å². The monoisotopic (exact) mass is 182 g/mol. The summed E-state index contributed by atoms with van der Waals surface area (Å²) in [6.07, 6.45) is 13.8. The van der Waals surface area contributed by atoms with Gasteiger partial charge in [0.15, 0.2) is 0 Å². The number of rotatable bonds is 8. The first kappa shape index (κ1) is 12.5. The molecule has 0 aliphatic rings. The van der Waals surface area contributed by atoms with Gasteiger partial charge in [-0.05, 0) is 6.42 Å². The molecule has 76 valence electrons. The van der Waals surface area contributed by atoms with Crippen molar-refractivity contribution in [1.82, 2.24) is 0 Å². The van der Waals surface area contributed by atoms with Crippen LogP contribution in [-0.4, -0.2) is 11.2 Å². The van der Waals surface area contributed by atoms with Crippen molar-refractivity contribution in [3.05, 3.63) is 0 Å². The molecule has 0 aliphatic carbocycles. The maximum atomic E-state index is 9.31. The third kappa shape index (κ3) is 9.43. The molecular weight excluding hydrogens is 160 g/mol. The molecule has 0 aromatic heterocycles. The minimum absolute atomic E-state index is 0.267. The minimum atomic E-state index is -0.267. The lowest BCUT2D eigenvalue weighted by Crippen LogP contribution is -2.04. The van der Waals surface area contributed by atoms with Gasteiger partial charge < -0.3 is 5.11 Å². The largest absolute Gasteiger partial charge is 0.392 e.